The van der Waals surface area contributed by atoms with Crippen LogP contribution in [0.25, 0.3) is 11.3 Å². The van der Waals surface area contributed by atoms with Crippen LogP contribution in [0.3, 0.4) is 0 Å². The molecule has 0 atom stereocenters. The van der Waals surface area contributed by atoms with E-state index in [1.54, 1.807) is 0 Å². The molecule has 0 radical (unpaired) electrons. The summed E-state index contributed by atoms with van der Waals surface area (Å²) in [5.41, 5.74) is -0.988. The highest BCUT2D eigenvalue weighted by Gasteiger charge is 2.31. The van der Waals surface area contributed by atoms with E-state index in [1.807, 2.05) is 0 Å². The minimum Gasteiger partial charge on any atom is -0.236 e. The summed E-state index contributed by atoms with van der Waals surface area (Å²) in [6, 6.07) is 4.97. The number of nitrogens with zero attached hydrogens (tertiary/aromatic N) is 4. The lowest BCUT2D eigenvalue weighted by atomic mass is 10.1. The molecule has 0 bridgehead atoms. The van der Waals surface area contributed by atoms with E-state index in [4.69, 9.17) is 34.8 Å². The normalized spacial score (nSPS) is 10.9. The molecule has 3 aromatic rings. The smallest absolute Gasteiger partial charge is 0.236 e. The van der Waals surface area contributed by atoms with Crippen molar-refractivity contribution < 1.29 is 17.6 Å². The Hall–Kier alpha value is -2.03. The molecule has 0 aliphatic rings. The van der Waals surface area contributed by atoms with E-state index < -0.39 is 17.6 Å². The monoisotopic (exact) mass is 424 g/mol. The summed E-state index contributed by atoms with van der Waals surface area (Å²) in [5, 5.41) is 0.814. The van der Waals surface area contributed by atoms with Crippen molar-refractivity contribution in [3.63, 3.8) is 0 Å². The average molecular weight is 426 g/mol. The van der Waals surface area contributed by atoms with Gasteiger partial charge in [-0.25, -0.2) is 24.3 Å². The molecule has 0 spiro atoms. The van der Waals surface area contributed by atoms with Crippen molar-refractivity contribution in [1.82, 2.24) is 19.9 Å². The fourth-order valence-electron chi connectivity index (χ4n) is 1.69. The van der Waals surface area contributed by atoms with Gasteiger partial charge in [-0.2, -0.15) is 13.2 Å². The van der Waals surface area contributed by atoms with E-state index in [2.05, 4.69) is 19.9 Å². The van der Waals surface area contributed by atoms with Crippen molar-refractivity contribution in [3.05, 3.63) is 69.8 Å². The second-order valence-electron chi connectivity index (χ2n) is 4.58. The Morgan fingerprint density at radius 1 is 0.731 bits per heavy atom. The topological polar surface area (TPSA) is 51.6 Å². The molecule has 0 aliphatic carbocycles. The molecule has 11 heteroatoms. The third-order valence-corrected chi connectivity index (χ3v) is 3.43. The number of halogens is 7. The predicted molar refractivity (Wildman–Crippen MR) is 89.5 cm³/mol. The minimum absolute atomic E-state index is 0.0627. The van der Waals surface area contributed by atoms with Gasteiger partial charge in [0.15, 0.2) is 0 Å². The molecular formula is C15H7Cl3F4N4. The first kappa shape index (κ1) is 20.3. The van der Waals surface area contributed by atoms with Crippen molar-refractivity contribution in [1.29, 1.82) is 0 Å². The summed E-state index contributed by atoms with van der Waals surface area (Å²) in [6.07, 6.45) is -2.16. The van der Waals surface area contributed by atoms with Gasteiger partial charge >= 0.3 is 6.18 Å². The number of hydrogen-bond donors (Lipinski definition) is 0. The van der Waals surface area contributed by atoms with E-state index in [1.165, 1.54) is 18.5 Å². The van der Waals surface area contributed by atoms with Crippen LogP contribution in [0.4, 0.5) is 17.6 Å². The first-order valence-electron chi connectivity index (χ1n) is 6.64. The molecule has 0 amide bonds. The van der Waals surface area contributed by atoms with Crippen LogP contribution in [-0.4, -0.2) is 19.9 Å². The van der Waals surface area contributed by atoms with Gasteiger partial charge in [-0.05, 0) is 18.2 Å². The van der Waals surface area contributed by atoms with E-state index >= 15 is 0 Å². The van der Waals surface area contributed by atoms with Gasteiger partial charge in [0.1, 0.15) is 33.9 Å². The summed E-state index contributed by atoms with van der Waals surface area (Å²) in [7, 11) is 0. The summed E-state index contributed by atoms with van der Waals surface area (Å²) in [6.45, 7) is 0. The Kier molecular flexibility index (Phi) is 6.69. The maximum absolute atomic E-state index is 13.6. The van der Waals surface area contributed by atoms with E-state index in [-0.39, 0.29) is 16.4 Å². The molecule has 3 rings (SSSR count). The molecule has 2 heterocycles. The quantitative estimate of drug-likeness (QED) is 0.369. The van der Waals surface area contributed by atoms with Crippen molar-refractivity contribution in [3.8, 4) is 11.3 Å². The zero-order valence-electron chi connectivity index (χ0n) is 12.5. The SMILES string of the molecule is Clc1cc(Cl)ncn1.Fc1cc(C(F)(F)F)ccc1-c1cc(Cl)ncn1. The van der Waals surface area contributed by atoms with E-state index in [0.717, 1.165) is 18.5 Å². The van der Waals surface area contributed by atoms with Crippen LogP contribution in [-0.2, 0) is 6.18 Å². The van der Waals surface area contributed by atoms with Crippen LogP contribution in [0, 0.1) is 5.82 Å². The molecule has 0 unspecified atom stereocenters. The number of aromatic nitrogens is 4. The first-order chi connectivity index (χ1) is 12.2. The van der Waals surface area contributed by atoms with Crippen LogP contribution < -0.4 is 0 Å². The molecule has 0 N–H and O–H groups in total. The molecule has 1 aromatic carbocycles. The van der Waals surface area contributed by atoms with Gasteiger partial charge in [-0.15, -0.1) is 0 Å². The Labute approximate surface area is 159 Å². The van der Waals surface area contributed by atoms with Crippen LogP contribution in [0.1, 0.15) is 5.56 Å². The minimum atomic E-state index is -4.58. The maximum Gasteiger partial charge on any atom is 0.416 e. The summed E-state index contributed by atoms with van der Waals surface area (Å²) >= 11 is 16.4. The van der Waals surface area contributed by atoms with Crippen molar-refractivity contribution in [2.45, 2.75) is 6.18 Å². The molecule has 136 valence electrons. The zero-order valence-corrected chi connectivity index (χ0v) is 14.7. The largest absolute Gasteiger partial charge is 0.416 e. The molecule has 0 saturated carbocycles. The standard InChI is InChI=1S/C11H5ClF4N2.C4H2Cl2N2/c12-10-4-9(17-5-18-10)7-2-1-6(3-8(7)13)11(14,15)16;5-3-1-4(6)8-2-7-3/h1-5H;1-2H. The van der Waals surface area contributed by atoms with Crippen molar-refractivity contribution in [2.24, 2.45) is 0 Å². The van der Waals surface area contributed by atoms with Crippen LogP contribution in [0.5, 0.6) is 0 Å². The highest BCUT2D eigenvalue weighted by molar-refractivity contribution is 6.33. The molecule has 0 aliphatic heterocycles. The first-order valence-corrected chi connectivity index (χ1v) is 7.78. The Morgan fingerprint density at radius 2 is 1.27 bits per heavy atom. The van der Waals surface area contributed by atoms with E-state index in [0.29, 0.717) is 16.4 Å². The molecule has 0 fully saturated rings. The highest BCUT2D eigenvalue weighted by Crippen LogP contribution is 2.32. The van der Waals surface area contributed by atoms with Crippen LogP contribution in [0.15, 0.2) is 43.0 Å². The zero-order chi connectivity index (χ0) is 19.3. The average Bonchev–Trinajstić information content (AvgIpc) is 2.54. The fourth-order valence-corrected chi connectivity index (χ4v) is 2.19. The van der Waals surface area contributed by atoms with Gasteiger partial charge in [0, 0.05) is 17.7 Å². The van der Waals surface area contributed by atoms with Crippen molar-refractivity contribution >= 4 is 34.8 Å². The van der Waals surface area contributed by atoms with Gasteiger partial charge in [-0.3, -0.25) is 0 Å². The van der Waals surface area contributed by atoms with Gasteiger partial charge < -0.3 is 0 Å². The lowest BCUT2D eigenvalue weighted by Gasteiger charge is -2.08. The van der Waals surface area contributed by atoms with Crippen LogP contribution in [0.2, 0.25) is 15.5 Å². The Balaban J connectivity index is 0.000000254. The highest BCUT2D eigenvalue weighted by atomic mass is 35.5. The molecule has 4 nitrogen and oxygen atoms in total. The van der Waals surface area contributed by atoms with Gasteiger partial charge in [0.05, 0.1) is 11.3 Å². The van der Waals surface area contributed by atoms with Crippen LogP contribution >= 0.6 is 34.8 Å². The number of alkyl halides is 3. The molecular weight excluding hydrogens is 419 g/mol. The Morgan fingerprint density at radius 3 is 1.69 bits per heavy atom. The predicted octanol–water partition coefficient (Wildman–Crippen LogP) is 5.74. The Bertz CT molecular complexity index is 889. The second-order valence-corrected chi connectivity index (χ2v) is 5.74. The van der Waals surface area contributed by atoms with Gasteiger partial charge in [0.25, 0.3) is 0 Å². The second kappa shape index (κ2) is 8.57. The molecule has 2 aromatic heterocycles. The third kappa shape index (κ3) is 5.76. The lowest BCUT2D eigenvalue weighted by molar-refractivity contribution is -0.137. The van der Waals surface area contributed by atoms with Crippen molar-refractivity contribution in [2.75, 3.05) is 0 Å². The number of rotatable bonds is 1. The third-order valence-electron chi connectivity index (χ3n) is 2.81. The molecule has 26 heavy (non-hydrogen) atoms. The fraction of sp³-hybridized carbons (Fsp3) is 0.0667. The van der Waals surface area contributed by atoms with Gasteiger partial charge in [0.2, 0.25) is 0 Å². The lowest BCUT2D eigenvalue weighted by Crippen LogP contribution is -2.05. The maximum atomic E-state index is 13.6. The number of hydrogen-bond acceptors (Lipinski definition) is 4. The molecule has 0 saturated heterocycles. The number of benzene rings is 1. The summed E-state index contributed by atoms with van der Waals surface area (Å²) < 4.78 is 50.7. The van der Waals surface area contributed by atoms with Gasteiger partial charge in [-0.1, -0.05) is 34.8 Å². The van der Waals surface area contributed by atoms with E-state index in [9.17, 15) is 17.6 Å². The summed E-state index contributed by atoms with van der Waals surface area (Å²) in [4.78, 5) is 14.6. The summed E-state index contributed by atoms with van der Waals surface area (Å²) in [5.74, 6) is -1.01.